The highest BCUT2D eigenvalue weighted by Crippen LogP contribution is 2.13. The quantitative estimate of drug-likeness (QED) is 0.0829. The van der Waals surface area contributed by atoms with Gasteiger partial charge >= 0.3 is 10.2 Å². The molecule has 0 aliphatic carbocycles. The molecular formula is C31H44FN7O5S. The highest BCUT2D eigenvalue weighted by Gasteiger charge is 2.31. The first kappa shape index (κ1) is 37.2. The SMILES string of the molecule is CC(C)C[C@H](NC(=O)[C@H](Cc1ccccc1)N=[N+]=[N-])C(=O)N[C@@H](CC(C)C)C(=O)N[C@@H](Cc1ccc(CN)cc1)CS(=O)(=O)F. The molecule has 45 heavy (non-hydrogen) atoms. The molecule has 4 atom stereocenters. The second kappa shape index (κ2) is 18.1. The predicted molar refractivity (Wildman–Crippen MR) is 171 cm³/mol. The second-order valence-corrected chi connectivity index (χ2v) is 13.3. The van der Waals surface area contributed by atoms with Crippen LogP contribution in [0.2, 0.25) is 0 Å². The van der Waals surface area contributed by atoms with Crippen LogP contribution in [-0.4, -0.2) is 56.1 Å². The van der Waals surface area contributed by atoms with Gasteiger partial charge in [0.25, 0.3) is 0 Å². The molecule has 0 aromatic heterocycles. The lowest BCUT2D eigenvalue weighted by Gasteiger charge is -2.27. The molecule has 246 valence electrons. The highest BCUT2D eigenvalue weighted by molar-refractivity contribution is 7.86. The average molecular weight is 646 g/mol. The first-order valence-electron chi connectivity index (χ1n) is 14.9. The molecule has 12 nitrogen and oxygen atoms in total. The Bertz CT molecular complexity index is 1420. The highest BCUT2D eigenvalue weighted by atomic mass is 32.3. The molecule has 0 saturated carbocycles. The minimum Gasteiger partial charge on any atom is -0.350 e. The van der Waals surface area contributed by atoms with Crippen molar-refractivity contribution in [2.45, 2.75) is 84.1 Å². The Morgan fingerprint density at radius 3 is 1.78 bits per heavy atom. The summed E-state index contributed by atoms with van der Waals surface area (Å²) in [7, 11) is -4.95. The smallest absolute Gasteiger partial charge is 0.304 e. The molecule has 0 saturated heterocycles. The van der Waals surface area contributed by atoms with Gasteiger partial charge in [-0.05, 0) is 59.7 Å². The summed E-state index contributed by atoms with van der Waals surface area (Å²) in [6.45, 7) is 7.73. The van der Waals surface area contributed by atoms with E-state index in [2.05, 4.69) is 26.0 Å². The lowest BCUT2D eigenvalue weighted by molar-refractivity contribution is -0.133. The van der Waals surface area contributed by atoms with Crippen LogP contribution < -0.4 is 21.7 Å². The second-order valence-electron chi connectivity index (χ2n) is 11.9. The van der Waals surface area contributed by atoms with Crippen LogP contribution in [0.15, 0.2) is 59.7 Å². The average Bonchev–Trinajstić information content (AvgIpc) is 2.95. The Kier molecular flexibility index (Phi) is 14.9. The van der Waals surface area contributed by atoms with Crippen LogP contribution in [0.1, 0.15) is 57.2 Å². The topological polar surface area (TPSA) is 196 Å². The molecule has 2 aromatic carbocycles. The summed E-state index contributed by atoms with van der Waals surface area (Å²) in [4.78, 5) is 43.0. The molecule has 0 bridgehead atoms. The van der Waals surface area contributed by atoms with Gasteiger partial charge < -0.3 is 21.7 Å². The van der Waals surface area contributed by atoms with E-state index in [9.17, 15) is 26.7 Å². The monoisotopic (exact) mass is 645 g/mol. The molecular weight excluding hydrogens is 601 g/mol. The molecule has 0 aliphatic heterocycles. The Labute approximate surface area is 264 Å². The van der Waals surface area contributed by atoms with E-state index in [1.54, 1.807) is 48.5 Å². The van der Waals surface area contributed by atoms with Crippen LogP contribution in [0.5, 0.6) is 0 Å². The number of azide groups is 1. The number of rotatable bonds is 18. The van der Waals surface area contributed by atoms with Gasteiger partial charge in [-0.25, -0.2) is 0 Å². The fraction of sp³-hybridized carbons (Fsp3) is 0.516. The molecule has 3 amide bonds. The van der Waals surface area contributed by atoms with Gasteiger partial charge in [0, 0.05) is 17.5 Å². The lowest BCUT2D eigenvalue weighted by atomic mass is 9.99. The van der Waals surface area contributed by atoms with Crippen molar-refractivity contribution in [1.29, 1.82) is 0 Å². The van der Waals surface area contributed by atoms with Gasteiger partial charge in [0.1, 0.15) is 23.9 Å². The summed E-state index contributed by atoms with van der Waals surface area (Å²) in [6.07, 6.45) is 0.564. The normalized spacial score (nSPS) is 14.1. The Morgan fingerprint density at radius 1 is 0.800 bits per heavy atom. The van der Waals surface area contributed by atoms with Crippen LogP contribution in [0.25, 0.3) is 10.4 Å². The van der Waals surface area contributed by atoms with Gasteiger partial charge in [-0.2, -0.15) is 8.42 Å². The largest absolute Gasteiger partial charge is 0.350 e. The number of nitrogens with zero attached hydrogens (tertiary/aromatic N) is 3. The van der Waals surface area contributed by atoms with E-state index in [0.29, 0.717) is 12.1 Å². The van der Waals surface area contributed by atoms with E-state index in [1.165, 1.54) is 0 Å². The molecule has 0 heterocycles. The number of carbonyl (C=O) groups is 3. The van der Waals surface area contributed by atoms with Crippen LogP contribution in [0.3, 0.4) is 0 Å². The molecule has 0 spiro atoms. The standard InChI is InChI=1S/C31H44FN7O5S/c1-20(2)14-26(29(40)35-25(19-45(32,43)44)16-23-10-12-24(18-33)13-11-23)36-30(41)27(15-21(3)4)37-31(42)28(38-39-34)17-22-8-6-5-7-9-22/h5-13,20-21,25-28H,14-19,33H2,1-4H3,(H,35,40)(H,36,41)(H,37,42)/t25-,26-,27-,28-/m0/s1. The fourth-order valence-corrected chi connectivity index (χ4v) is 5.50. The molecule has 5 N–H and O–H groups in total. The maximum Gasteiger partial charge on any atom is 0.304 e. The minimum atomic E-state index is -4.95. The Balaban J connectivity index is 2.24. The van der Waals surface area contributed by atoms with Gasteiger partial charge in [0.2, 0.25) is 17.7 Å². The fourth-order valence-electron chi connectivity index (χ4n) is 4.82. The number of hydrogen-bond donors (Lipinski definition) is 4. The lowest BCUT2D eigenvalue weighted by Crippen LogP contribution is -2.57. The maximum absolute atomic E-state index is 13.8. The number of amides is 3. The third-order valence-corrected chi connectivity index (χ3v) is 7.73. The van der Waals surface area contributed by atoms with Crippen LogP contribution in [0.4, 0.5) is 3.89 Å². The van der Waals surface area contributed by atoms with Crippen LogP contribution in [-0.2, 0) is 44.0 Å². The van der Waals surface area contributed by atoms with Crippen LogP contribution >= 0.6 is 0 Å². The van der Waals surface area contributed by atoms with Gasteiger partial charge in [-0.3, -0.25) is 14.4 Å². The summed E-state index contributed by atoms with van der Waals surface area (Å²) in [5.41, 5.74) is 17.0. The molecule has 0 aliphatic rings. The Hall–Kier alpha value is -4.00. The summed E-state index contributed by atoms with van der Waals surface area (Å²) < 4.78 is 37.0. The molecule has 2 rings (SSSR count). The summed E-state index contributed by atoms with van der Waals surface area (Å²) in [6, 6.07) is 11.5. The van der Waals surface area contributed by atoms with Crippen LogP contribution in [0, 0.1) is 11.8 Å². The Morgan fingerprint density at radius 2 is 1.29 bits per heavy atom. The van der Waals surface area contributed by atoms with Gasteiger partial charge in [-0.15, -0.1) is 3.89 Å². The number of halogens is 1. The molecule has 0 radical (unpaired) electrons. The predicted octanol–water partition coefficient (Wildman–Crippen LogP) is 3.46. The van der Waals surface area contributed by atoms with E-state index in [4.69, 9.17) is 11.3 Å². The van der Waals surface area contributed by atoms with E-state index < -0.39 is 57.9 Å². The van der Waals surface area contributed by atoms with Crippen molar-refractivity contribution in [3.63, 3.8) is 0 Å². The number of carbonyl (C=O) groups excluding carboxylic acids is 3. The zero-order valence-electron chi connectivity index (χ0n) is 26.1. The van der Waals surface area contributed by atoms with Crippen molar-refractivity contribution < 1.29 is 26.7 Å². The number of benzene rings is 2. The van der Waals surface area contributed by atoms with Crippen molar-refractivity contribution in [2.75, 3.05) is 5.75 Å². The number of hydrogen-bond acceptors (Lipinski definition) is 7. The van der Waals surface area contributed by atoms with Gasteiger partial charge in [-0.1, -0.05) is 87.4 Å². The first-order valence-corrected chi connectivity index (χ1v) is 16.4. The molecule has 0 fully saturated rings. The minimum absolute atomic E-state index is 0.0241. The number of nitrogens with one attached hydrogen (secondary N) is 3. The van der Waals surface area contributed by atoms with E-state index in [0.717, 1.165) is 11.1 Å². The van der Waals surface area contributed by atoms with E-state index in [1.807, 2.05) is 33.8 Å². The summed E-state index contributed by atoms with van der Waals surface area (Å²) in [5, 5.41) is 11.6. The molecule has 2 aromatic rings. The number of nitrogens with two attached hydrogens (primary N) is 1. The molecule has 14 heteroatoms. The third-order valence-electron chi connectivity index (χ3n) is 6.93. The zero-order chi connectivity index (χ0) is 33.6. The van der Waals surface area contributed by atoms with Gasteiger partial charge in [0.15, 0.2) is 0 Å². The maximum atomic E-state index is 13.8. The van der Waals surface area contributed by atoms with Crippen molar-refractivity contribution in [3.8, 4) is 0 Å². The first-order chi connectivity index (χ1) is 21.2. The van der Waals surface area contributed by atoms with Crippen molar-refractivity contribution in [1.82, 2.24) is 16.0 Å². The van der Waals surface area contributed by atoms with Gasteiger partial charge in [0.05, 0.1) is 0 Å². The van der Waals surface area contributed by atoms with E-state index in [-0.39, 0.29) is 37.5 Å². The van der Waals surface area contributed by atoms with Crippen molar-refractivity contribution >= 4 is 27.9 Å². The summed E-state index contributed by atoms with van der Waals surface area (Å²) >= 11 is 0. The van der Waals surface area contributed by atoms with E-state index >= 15 is 0 Å². The zero-order valence-corrected chi connectivity index (χ0v) is 27.0. The third kappa shape index (κ3) is 14.1. The molecule has 0 unspecified atom stereocenters. The van der Waals surface area contributed by atoms with Crippen molar-refractivity contribution in [3.05, 3.63) is 81.7 Å². The summed E-state index contributed by atoms with van der Waals surface area (Å²) in [5.74, 6) is -3.01. The van der Waals surface area contributed by atoms with Crippen molar-refractivity contribution in [2.24, 2.45) is 22.7 Å².